The van der Waals surface area contributed by atoms with E-state index < -0.39 is 12.1 Å². The number of aryl methyl sites for hydroxylation is 2. The molecule has 0 saturated heterocycles. The van der Waals surface area contributed by atoms with Gasteiger partial charge in [-0.2, -0.15) is 5.10 Å². The minimum atomic E-state index is -0.859. The Bertz CT molecular complexity index is 479. The first-order chi connectivity index (χ1) is 8.25. The molecular weight excluding hydrogens is 236 g/mol. The van der Waals surface area contributed by atoms with E-state index >= 15 is 0 Å². The van der Waals surface area contributed by atoms with Crippen molar-refractivity contribution in [3.05, 3.63) is 11.4 Å². The standard InChI is InChI=1S/C11H18N4O3/c1-6-8(12)9(15(5)13-6)11(17)18-7(2)10(16)14(3)4/h7H,12H2,1-5H3. The lowest BCUT2D eigenvalue weighted by atomic mass is 10.3. The van der Waals surface area contributed by atoms with Gasteiger partial charge in [-0.3, -0.25) is 9.48 Å². The molecule has 7 heteroatoms. The molecule has 18 heavy (non-hydrogen) atoms. The van der Waals surface area contributed by atoms with Gasteiger partial charge in [0.2, 0.25) is 0 Å². The molecule has 0 aromatic carbocycles. The Labute approximate surface area is 105 Å². The molecule has 1 unspecified atom stereocenters. The highest BCUT2D eigenvalue weighted by atomic mass is 16.5. The van der Waals surface area contributed by atoms with Gasteiger partial charge in [0.05, 0.1) is 11.4 Å². The second kappa shape index (κ2) is 5.07. The van der Waals surface area contributed by atoms with E-state index in [1.54, 1.807) is 28.1 Å². The Morgan fingerprint density at radius 2 is 2.00 bits per heavy atom. The van der Waals surface area contributed by atoms with Gasteiger partial charge in [-0.25, -0.2) is 4.79 Å². The number of rotatable bonds is 3. The molecule has 0 bridgehead atoms. The fraction of sp³-hybridized carbons (Fsp3) is 0.545. The van der Waals surface area contributed by atoms with E-state index in [1.807, 2.05) is 0 Å². The summed E-state index contributed by atoms with van der Waals surface area (Å²) in [6.07, 6.45) is -0.859. The number of aromatic nitrogens is 2. The largest absolute Gasteiger partial charge is 0.448 e. The van der Waals surface area contributed by atoms with Gasteiger partial charge in [0, 0.05) is 21.1 Å². The first-order valence-corrected chi connectivity index (χ1v) is 5.47. The maximum absolute atomic E-state index is 11.9. The minimum Gasteiger partial charge on any atom is -0.448 e. The van der Waals surface area contributed by atoms with Gasteiger partial charge in [-0.15, -0.1) is 0 Å². The van der Waals surface area contributed by atoms with Crippen molar-refractivity contribution < 1.29 is 14.3 Å². The van der Waals surface area contributed by atoms with E-state index in [9.17, 15) is 9.59 Å². The molecule has 1 atom stereocenters. The number of anilines is 1. The highest BCUT2D eigenvalue weighted by molar-refractivity contribution is 5.95. The van der Waals surface area contributed by atoms with Crippen LogP contribution in [-0.2, 0) is 16.6 Å². The summed E-state index contributed by atoms with van der Waals surface area (Å²) < 4.78 is 6.41. The third kappa shape index (κ3) is 2.61. The third-order valence-corrected chi connectivity index (χ3v) is 2.53. The van der Waals surface area contributed by atoms with E-state index in [1.165, 1.54) is 16.5 Å². The summed E-state index contributed by atoms with van der Waals surface area (Å²) in [5.41, 5.74) is 6.72. The number of amides is 1. The zero-order valence-electron chi connectivity index (χ0n) is 11.2. The van der Waals surface area contributed by atoms with Gasteiger partial charge in [0.1, 0.15) is 0 Å². The number of hydrogen-bond acceptors (Lipinski definition) is 5. The first-order valence-electron chi connectivity index (χ1n) is 5.47. The Balaban J connectivity index is 2.86. The van der Waals surface area contributed by atoms with Crippen molar-refractivity contribution in [1.29, 1.82) is 0 Å². The van der Waals surface area contributed by atoms with Crippen LogP contribution in [0.2, 0.25) is 0 Å². The van der Waals surface area contributed by atoms with Crippen LogP contribution in [0.4, 0.5) is 5.69 Å². The summed E-state index contributed by atoms with van der Waals surface area (Å²) in [7, 11) is 4.78. The Kier molecular flexibility index (Phi) is 3.95. The van der Waals surface area contributed by atoms with Crippen molar-refractivity contribution in [2.24, 2.45) is 7.05 Å². The fourth-order valence-corrected chi connectivity index (χ4v) is 1.55. The third-order valence-electron chi connectivity index (χ3n) is 2.53. The number of carbonyl (C=O) groups is 2. The maximum atomic E-state index is 11.9. The number of likely N-dealkylation sites (N-methyl/N-ethyl adjacent to an activating group) is 1. The summed E-state index contributed by atoms with van der Waals surface area (Å²) in [6.45, 7) is 3.21. The lowest BCUT2D eigenvalue weighted by molar-refractivity contribution is -0.137. The number of esters is 1. The van der Waals surface area contributed by atoms with Crippen molar-refractivity contribution in [3.63, 3.8) is 0 Å². The Hall–Kier alpha value is -2.05. The van der Waals surface area contributed by atoms with Crippen molar-refractivity contribution >= 4 is 17.6 Å². The van der Waals surface area contributed by atoms with Crippen LogP contribution >= 0.6 is 0 Å². The normalized spacial score (nSPS) is 12.1. The molecule has 0 spiro atoms. The number of carbonyl (C=O) groups excluding carboxylic acids is 2. The van der Waals surface area contributed by atoms with Crippen LogP contribution in [0.25, 0.3) is 0 Å². The fourth-order valence-electron chi connectivity index (χ4n) is 1.55. The molecule has 0 aliphatic carbocycles. The van der Waals surface area contributed by atoms with Crippen LogP contribution < -0.4 is 5.73 Å². The van der Waals surface area contributed by atoms with E-state index in [-0.39, 0.29) is 17.3 Å². The molecular formula is C11H18N4O3. The lowest BCUT2D eigenvalue weighted by Gasteiger charge is -2.17. The van der Waals surface area contributed by atoms with Gasteiger partial charge in [-0.05, 0) is 13.8 Å². The molecule has 0 radical (unpaired) electrons. The number of hydrogen-bond donors (Lipinski definition) is 1. The van der Waals surface area contributed by atoms with Crippen LogP contribution in [0.15, 0.2) is 0 Å². The zero-order chi connectivity index (χ0) is 14.0. The van der Waals surface area contributed by atoms with Crippen molar-refractivity contribution in [2.45, 2.75) is 20.0 Å². The van der Waals surface area contributed by atoms with Crippen molar-refractivity contribution in [2.75, 3.05) is 19.8 Å². The van der Waals surface area contributed by atoms with Gasteiger partial charge < -0.3 is 15.4 Å². The molecule has 1 aromatic heterocycles. The quantitative estimate of drug-likeness (QED) is 0.763. The zero-order valence-corrected chi connectivity index (χ0v) is 11.2. The molecule has 1 aromatic rings. The van der Waals surface area contributed by atoms with Crippen LogP contribution in [0, 0.1) is 6.92 Å². The average molecular weight is 254 g/mol. The summed E-state index contributed by atoms with van der Waals surface area (Å²) in [5, 5.41) is 4.01. The average Bonchev–Trinajstić information content (AvgIpc) is 2.51. The smallest absolute Gasteiger partial charge is 0.359 e. The molecule has 0 aliphatic rings. The molecule has 0 saturated carbocycles. The lowest BCUT2D eigenvalue weighted by Crippen LogP contribution is -2.35. The second-order valence-corrected chi connectivity index (χ2v) is 4.25. The van der Waals surface area contributed by atoms with E-state index in [0.717, 1.165) is 0 Å². The van der Waals surface area contributed by atoms with Crippen LogP contribution in [0.3, 0.4) is 0 Å². The SMILES string of the molecule is Cc1nn(C)c(C(=O)OC(C)C(=O)N(C)C)c1N. The highest BCUT2D eigenvalue weighted by Gasteiger charge is 2.25. The van der Waals surface area contributed by atoms with Gasteiger partial charge >= 0.3 is 5.97 Å². The Morgan fingerprint density at radius 1 is 1.44 bits per heavy atom. The second-order valence-electron chi connectivity index (χ2n) is 4.25. The topological polar surface area (TPSA) is 90.5 Å². The number of nitrogens with two attached hydrogens (primary N) is 1. The molecule has 1 heterocycles. The maximum Gasteiger partial charge on any atom is 0.359 e. The Morgan fingerprint density at radius 3 is 2.39 bits per heavy atom. The number of nitrogens with zero attached hydrogens (tertiary/aromatic N) is 3. The van der Waals surface area contributed by atoms with Gasteiger partial charge in [-0.1, -0.05) is 0 Å². The van der Waals surface area contributed by atoms with Crippen LogP contribution in [0.1, 0.15) is 23.1 Å². The van der Waals surface area contributed by atoms with Crippen LogP contribution in [-0.4, -0.2) is 46.8 Å². The van der Waals surface area contributed by atoms with Crippen LogP contribution in [0.5, 0.6) is 0 Å². The molecule has 2 N–H and O–H groups in total. The summed E-state index contributed by atoms with van der Waals surface area (Å²) in [5.74, 6) is -0.945. The van der Waals surface area contributed by atoms with E-state index in [2.05, 4.69) is 5.10 Å². The van der Waals surface area contributed by atoms with E-state index in [4.69, 9.17) is 10.5 Å². The number of nitrogen functional groups attached to an aromatic ring is 1. The summed E-state index contributed by atoms with van der Waals surface area (Å²) in [6, 6.07) is 0. The predicted molar refractivity (Wildman–Crippen MR) is 65.9 cm³/mol. The molecule has 100 valence electrons. The monoisotopic (exact) mass is 254 g/mol. The predicted octanol–water partition coefficient (Wildman–Crippen LogP) is -0.0558. The van der Waals surface area contributed by atoms with Gasteiger partial charge in [0.25, 0.3) is 5.91 Å². The van der Waals surface area contributed by atoms with E-state index in [0.29, 0.717) is 5.69 Å². The summed E-state index contributed by atoms with van der Waals surface area (Å²) >= 11 is 0. The molecule has 1 amide bonds. The first kappa shape index (κ1) is 14.0. The number of ether oxygens (including phenoxy) is 1. The molecule has 7 nitrogen and oxygen atoms in total. The van der Waals surface area contributed by atoms with Crippen molar-refractivity contribution in [1.82, 2.24) is 14.7 Å². The minimum absolute atomic E-state index is 0.158. The van der Waals surface area contributed by atoms with Gasteiger partial charge in [0.15, 0.2) is 11.8 Å². The molecule has 1 rings (SSSR count). The molecule has 0 fully saturated rings. The molecule has 0 aliphatic heterocycles. The van der Waals surface area contributed by atoms with Crippen molar-refractivity contribution in [3.8, 4) is 0 Å². The summed E-state index contributed by atoms with van der Waals surface area (Å²) in [4.78, 5) is 24.8. The highest BCUT2D eigenvalue weighted by Crippen LogP contribution is 2.17.